The summed E-state index contributed by atoms with van der Waals surface area (Å²) < 4.78 is 16.6. The van der Waals surface area contributed by atoms with Gasteiger partial charge in [0.25, 0.3) is 0 Å². The highest BCUT2D eigenvalue weighted by Gasteiger charge is 2.15. The topological polar surface area (TPSA) is 30.9 Å². The first-order valence-corrected chi connectivity index (χ1v) is 7.85. The summed E-state index contributed by atoms with van der Waals surface area (Å²) >= 11 is 0. The average molecular weight is 293 g/mol. The molecule has 0 radical (unpaired) electrons. The fraction of sp³-hybridized carbons (Fsp3) is 0.647. The second-order valence-corrected chi connectivity index (χ2v) is 5.66. The largest absolute Gasteiger partial charge is 0.493 e. The molecule has 1 fully saturated rings. The molecule has 1 unspecified atom stereocenters. The highest BCUT2D eigenvalue weighted by molar-refractivity contribution is 5.39. The van der Waals surface area contributed by atoms with E-state index < -0.39 is 0 Å². The Morgan fingerprint density at radius 2 is 1.95 bits per heavy atom. The first-order valence-electron chi connectivity index (χ1n) is 7.85. The molecule has 0 spiro atoms. The smallest absolute Gasteiger partial charge is 0.161 e. The molecule has 0 aliphatic carbocycles. The molecular formula is C17H27NO3. The van der Waals surface area contributed by atoms with Gasteiger partial charge in [0, 0.05) is 13.1 Å². The van der Waals surface area contributed by atoms with Crippen LogP contribution in [0.1, 0.15) is 19.8 Å². The Morgan fingerprint density at radius 3 is 2.71 bits per heavy atom. The highest BCUT2D eigenvalue weighted by atomic mass is 16.5. The molecule has 2 rings (SSSR count). The van der Waals surface area contributed by atoms with Gasteiger partial charge in [-0.1, -0.05) is 19.1 Å². The zero-order chi connectivity index (χ0) is 14.9. The van der Waals surface area contributed by atoms with Crippen LogP contribution in [0, 0.1) is 5.92 Å². The van der Waals surface area contributed by atoms with Gasteiger partial charge in [0.1, 0.15) is 6.61 Å². The number of piperidine rings is 1. The van der Waals surface area contributed by atoms with Gasteiger partial charge in [-0.25, -0.2) is 0 Å². The number of nitrogens with zero attached hydrogens (tertiary/aromatic N) is 1. The van der Waals surface area contributed by atoms with E-state index in [1.165, 1.54) is 25.9 Å². The van der Waals surface area contributed by atoms with Crippen LogP contribution < -0.4 is 9.47 Å². The summed E-state index contributed by atoms with van der Waals surface area (Å²) in [6, 6.07) is 7.68. The Kier molecular flexibility index (Phi) is 6.83. The number of para-hydroxylation sites is 2. The summed E-state index contributed by atoms with van der Waals surface area (Å²) in [5, 5.41) is 0. The fourth-order valence-corrected chi connectivity index (χ4v) is 2.73. The predicted octanol–water partition coefficient (Wildman–Crippen LogP) is 2.82. The van der Waals surface area contributed by atoms with Gasteiger partial charge in [-0.05, 0) is 37.4 Å². The van der Waals surface area contributed by atoms with Crippen molar-refractivity contribution >= 4 is 0 Å². The van der Waals surface area contributed by atoms with Crippen LogP contribution in [0.15, 0.2) is 24.3 Å². The number of benzene rings is 1. The van der Waals surface area contributed by atoms with E-state index in [1.807, 2.05) is 24.3 Å². The van der Waals surface area contributed by atoms with Crippen molar-refractivity contribution < 1.29 is 14.2 Å². The van der Waals surface area contributed by atoms with Gasteiger partial charge in [0.05, 0.1) is 20.3 Å². The van der Waals surface area contributed by atoms with Crippen molar-refractivity contribution in [3.8, 4) is 11.5 Å². The second-order valence-electron chi connectivity index (χ2n) is 5.66. The van der Waals surface area contributed by atoms with E-state index in [9.17, 15) is 0 Å². The van der Waals surface area contributed by atoms with Crippen molar-refractivity contribution in [2.75, 3.05) is 46.6 Å². The standard InChI is InChI=1S/C17H27NO3/c1-15-6-5-9-18(14-15)10-11-20-12-13-21-17-8-4-3-7-16(17)19-2/h3-4,7-8,15H,5-6,9-14H2,1-2H3. The highest BCUT2D eigenvalue weighted by Crippen LogP contribution is 2.25. The first kappa shape index (κ1) is 16.1. The third-order valence-electron chi connectivity index (χ3n) is 3.85. The van der Waals surface area contributed by atoms with Crippen LogP contribution in [0.4, 0.5) is 0 Å². The number of likely N-dealkylation sites (tertiary alicyclic amines) is 1. The van der Waals surface area contributed by atoms with Gasteiger partial charge in [-0.3, -0.25) is 0 Å². The SMILES string of the molecule is COc1ccccc1OCCOCCN1CCCC(C)C1. The van der Waals surface area contributed by atoms with Gasteiger partial charge in [0.15, 0.2) is 11.5 Å². The number of methoxy groups -OCH3 is 1. The number of ether oxygens (including phenoxy) is 3. The lowest BCUT2D eigenvalue weighted by Crippen LogP contribution is -2.36. The van der Waals surface area contributed by atoms with Gasteiger partial charge < -0.3 is 19.1 Å². The quantitative estimate of drug-likeness (QED) is 0.690. The molecule has 1 heterocycles. The van der Waals surface area contributed by atoms with Crippen LogP contribution in [0.25, 0.3) is 0 Å². The van der Waals surface area contributed by atoms with Gasteiger partial charge in [-0.15, -0.1) is 0 Å². The monoisotopic (exact) mass is 293 g/mol. The second kappa shape index (κ2) is 8.90. The molecule has 0 amide bonds. The number of hydrogen-bond acceptors (Lipinski definition) is 4. The summed E-state index contributed by atoms with van der Waals surface area (Å²) in [5.74, 6) is 2.36. The van der Waals surface area contributed by atoms with Gasteiger partial charge in [0.2, 0.25) is 0 Å². The summed E-state index contributed by atoms with van der Waals surface area (Å²) in [4.78, 5) is 2.50. The summed E-state index contributed by atoms with van der Waals surface area (Å²) in [5.41, 5.74) is 0. The Balaban J connectivity index is 1.56. The lowest BCUT2D eigenvalue weighted by atomic mass is 10.0. The van der Waals surface area contributed by atoms with Crippen molar-refractivity contribution in [2.45, 2.75) is 19.8 Å². The summed E-state index contributed by atoms with van der Waals surface area (Å²) in [6.45, 7) is 7.72. The summed E-state index contributed by atoms with van der Waals surface area (Å²) in [7, 11) is 1.65. The molecule has 4 heteroatoms. The van der Waals surface area contributed by atoms with Crippen LogP contribution in [-0.4, -0.2) is 51.5 Å². The average Bonchev–Trinajstić information content (AvgIpc) is 2.51. The van der Waals surface area contributed by atoms with Crippen molar-refractivity contribution in [3.05, 3.63) is 24.3 Å². The van der Waals surface area contributed by atoms with E-state index in [0.717, 1.165) is 30.6 Å². The molecule has 1 aliphatic heterocycles. The molecule has 0 aromatic heterocycles. The maximum absolute atomic E-state index is 5.67. The summed E-state index contributed by atoms with van der Waals surface area (Å²) in [6.07, 6.45) is 2.68. The molecule has 1 aromatic rings. The Hall–Kier alpha value is -1.26. The minimum Gasteiger partial charge on any atom is -0.493 e. The van der Waals surface area contributed by atoms with Gasteiger partial charge >= 0.3 is 0 Å². The molecule has 118 valence electrons. The number of hydrogen-bond donors (Lipinski definition) is 0. The molecule has 1 aromatic carbocycles. The normalized spacial score (nSPS) is 19.4. The Bertz CT molecular complexity index is 411. The predicted molar refractivity (Wildman–Crippen MR) is 84.1 cm³/mol. The molecule has 4 nitrogen and oxygen atoms in total. The number of rotatable bonds is 8. The third-order valence-corrected chi connectivity index (χ3v) is 3.85. The molecule has 21 heavy (non-hydrogen) atoms. The lowest BCUT2D eigenvalue weighted by molar-refractivity contribution is 0.0683. The van der Waals surface area contributed by atoms with E-state index in [0.29, 0.717) is 13.2 Å². The molecule has 1 aliphatic rings. The van der Waals surface area contributed by atoms with Crippen molar-refractivity contribution in [2.24, 2.45) is 5.92 Å². The molecule has 0 saturated carbocycles. The third kappa shape index (κ3) is 5.56. The van der Waals surface area contributed by atoms with Crippen LogP contribution in [0.2, 0.25) is 0 Å². The molecule has 1 atom stereocenters. The van der Waals surface area contributed by atoms with Crippen molar-refractivity contribution in [3.63, 3.8) is 0 Å². The van der Waals surface area contributed by atoms with E-state index in [-0.39, 0.29) is 0 Å². The van der Waals surface area contributed by atoms with E-state index in [2.05, 4.69) is 11.8 Å². The molecule has 1 saturated heterocycles. The maximum atomic E-state index is 5.67. The minimum absolute atomic E-state index is 0.552. The Labute approximate surface area is 128 Å². The van der Waals surface area contributed by atoms with Crippen LogP contribution in [-0.2, 0) is 4.74 Å². The van der Waals surface area contributed by atoms with Crippen molar-refractivity contribution in [1.29, 1.82) is 0 Å². The lowest BCUT2D eigenvalue weighted by Gasteiger charge is -2.30. The Morgan fingerprint density at radius 1 is 1.14 bits per heavy atom. The molecule has 0 bridgehead atoms. The molecule has 0 N–H and O–H groups in total. The fourth-order valence-electron chi connectivity index (χ4n) is 2.73. The minimum atomic E-state index is 0.552. The molecular weight excluding hydrogens is 266 g/mol. The van der Waals surface area contributed by atoms with E-state index in [1.54, 1.807) is 7.11 Å². The van der Waals surface area contributed by atoms with E-state index >= 15 is 0 Å². The van der Waals surface area contributed by atoms with Crippen LogP contribution >= 0.6 is 0 Å². The maximum Gasteiger partial charge on any atom is 0.161 e. The van der Waals surface area contributed by atoms with Crippen LogP contribution in [0.5, 0.6) is 11.5 Å². The zero-order valence-corrected chi connectivity index (χ0v) is 13.2. The zero-order valence-electron chi connectivity index (χ0n) is 13.2. The van der Waals surface area contributed by atoms with Gasteiger partial charge in [-0.2, -0.15) is 0 Å². The van der Waals surface area contributed by atoms with E-state index in [4.69, 9.17) is 14.2 Å². The van der Waals surface area contributed by atoms with Crippen molar-refractivity contribution in [1.82, 2.24) is 4.90 Å². The first-order chi connectivity index (χ1) is 10.3. The van der Waals surface area contributed by atoms with Crippen LogP contribution in [0.3, 0.4) is 0 Å².